The molecule has 0 aliphatic heterocycles. The number of ether oxygens (including phenoxy) is 3. The largest absolute Gasteiger partial charge is 0.466 e. The van der Waals surface area contributed by atoms with Crippen molar-refractivity contribution in [3.63, 3.8) is 0 Å². The Morgan fingerprint density at radius 1 is 0.971 bits per heavy atom. The molecule has 1 aliphatic carbocycles. The van der Waals surface area contributed by atoms with Crippen LogP contribution in [0.2, 0.25) is 0 Å². The van der Waals surface area contributed by atoms with Gasteiger partial charge in [-0.3, -0.25) is 13.8 Å². The van der Waals surface area contributed by atoms with Gasteiger partial charge < -0.3 is 14.2 Å². The van der Waals surface area contributed by atoms with Crippen LogP contribution in [-0.4, -0.2) is 58.6 Å². The van der Waals surface area contributed by atoms with E-state index in [1.165, 1.54) is 20.3 Å². The van der Waals surface area contributed by atoms with Gasteiger partial charge in [0.2, 0.25) is 0 Å². The third kappa shape index (κ3) is 12.5. The van der Waals surface area contributed by atoms with Crippen LogP contribution in [0.15, 0.2) is 24.3 Å². The third-order valence-electron chi connectivity index (χ3n) is 6.31. The molecule has 3 unspecified atom stereocenters. The molecule has 0 radical (unpaired) electrons. The van der Waals surface area contributed by atoms with Crippen LogP contribution in [0.5, 0.6) is 0 Å². The second kappa shape index (κ2) is 14.6. The van der Waals surface area contributed by atoms with Crippen LogP contribution in [0.25, 0.3) is 0 Å². The van der Waals surface area contributed by atoms with Gasteiger partial charge in [-0.1, -0.05) is 43.5 Å². The number of esters is 2. The van der Waals surface area contributed by atoms with E-state index in [9.17, 15) is 18.0 Å². The highest BCUT2D eigenvalue weighted by molar-refractivity contribution is 7.85. The molecule has 0 bridgehead atoms. The summed E-state index contributed by atoms with van der Waals surface area (Å²) in [6.07, 6.45) is 6.60. The van der Waals surface area contributed by atoms with Crippen LogP contribution in [0.3, 0.4) is 0 Å². The molecule has 0 spiro atoms. The van der Waals surface area contributed by atoms with E-state index >= 15 is 0 Å². The summed E-state index contributed by atoms with van der Waals surface area (Å²) in [5, 5.41) is 0. The maximum atomic E-state index is 11.7. The minimum atomic E-state index is -3.42. The molecule has 3 atom stereocenters. The highest BCUT2D eigenvalue weighted by Gasteiger charge is 2.31. The minimum absolute atomic E-state index is 0.0949. The Morgan fingerprint density at radius 2 is 1.57 bits per heavy atom. The van der Waals surface area contributed by atoms with Crippen LogP contribution >= 0.6 is 0 Å². The van der Waals surface area contributed by atoms with E-state index in [4.69, 9.17) is 18.4 Å². The zero-order chi connectivity index (χ0) is 25.8. The SMILES string of the molecule is CC(=O)OCC(CC(CC(C)OCCc1ccc(CCOS(C)(=O)=O)cc1)OC(C)=O)C1CCC1. The first-order chi connectivity index (χ1) is 16.5. The summed E-state index contributed by atoms with van der Waals surface area (Å²) in [4.78, 5) is 23.0. The number of carbonyl (C=O) groups excluding carboxylic acids is 2. The van der Waals surface area contributed by atoms with E-state index < -0.39 is 10.1 Å². The van der Waals surface area contributed by atoms with Crippen LogP contribution in [0, 0.1) is 11.8 Å². The molecule has 1 aromatic rings. The average molecular weight is 513 g/mol. The predicted octanol–water partition coefficient (Wildman–Crippen LogP) is 3.84. The maximum Gasteiger partial charge on any atom is 0.302 e. The zero-order valence-corrected chi connectivity index (χ0v) is 22.2. The topological polar surface area (TPSA) is 105 Å². The van der Waals surface area contributed by atoms with Gasteiger partial charge in [-0.25, -0.2) is 0 Å². The van der Waals surface area contributed by atoms with E-state index in [0.29, 0.717) is 38.4 Å². The summed E-state index contributed by atoms with van der Waals surface area (Å²) >= 11 is 0. The second-order valence-electron chi connectivity index (χ2n) is 9.48. The molecule has 1 aromatic carbocycles. The van der Waals surface area contributed by atoms with Gasteiger partial charge in [0.15, 0.2) is 0 Å². The first-order valence-corrected chi connectivity index (χ1v) is 14.2. The number of rotatable bonds is 16. The molecule has 1 fully saturated rings. The standard InChI is InChI=1S/C26H40O8S/c1-19(31-14-12-22-8-10-23(11-9-22)13-15-33-35(4,29)30)16-26(34-21(3)28)17-25(18-32-20(2)27)24-6-5-7-24/h8-11,19,24-26H,5-7,12-18H2,1-4H3. The molecule has 9 heteroatoms. The summed E-state index contributed by atoms with van der Waals surface area (Å²) in [5.41, 5.74) is 2.12. The fourth-order valence-electron chi connectivity index (χ4n) is 4.30. The number of hydrogen-bond donors (Lipinski definition) is 0. The van der Waals surface area contributed by atoms with Gasteiger partial charge in [0.1, 0.15) is 6.10 Å². The molecule has 35 heavy (non-hydrogen) atoms. The van der Waals surface area contributed by atoms with E-state index in [0.717, 1.165) is 36.6 Å². The zero-order valence-electron chi connectivity index (χ0n) is 21.4. The molecule has 8 nitrogen and oxygen atoms in total. The Balaban J connectivity index is 1.79. The lowest BCUT2D eigenvalue weighted by Gasteiger charge is -2.35. The molecule has 0 N–H and O–H groups in total. The summed E-state index contributed by atoms with van der Waals surface area (Å²) in [6, 6.07) is 7.93. The Labute approximate surface area is 209 Å². The van der Waals surface area contributed by atoms with Crippen molar-refractivity contribution in [2.45, 2.75) is 77.9 Å². The van der Waals surface area contributed by atoms with Gasteiger partial charge in [-0.15, -0.1) is 0 Å². The van der Waals surface area contributed by atoms with Crippen molar-refractivity contribution in [3.8, 4) is 0 Å². The van der Waals surface area contributed by atoms with Gasteiger partial charge in [-0.2, -0.15) is 8.42 Å². The molecular formula is C26H40O8S. The number of benzene rings is 1. The average Bonchev–Trinajstić information content (AvgIpc) is 2.70. The van der Waals surface area contributed by atoms with Gasteiger partial charge in [0.05, 0.1) is 32.2 Å². The second-order valence-corrected chi connectivity index (χ2v) is 11.1. The third-order valence-corrected chi connectivity index (χ3v) is 6.91. The molecular weight excluding hydrogens is 472 g/mol. The Bertz CT molecular complexity index is 892. The minimum Gasteiger partial charge on any atom is -0.466 e. The Morgan fingerprint density at radius 3 is 2.06 bits per heavy atom. The highest BCUT2D eigenvalue weighted by atomic mass is 32.2. The number of carbonyl (C=O) groups is 2. The van der Waals surface area contributed by atoms with Crippen molar-refractivity contribution in [1.29, 1.82) is 0 Å². The summed E-state index contributed by atoms with van der Waals surface area (Å²) in [5.74, 6) is 0.0875. The fourth-order valence-corrected chi connectivity index (χ4v) is 4.68. The first-order valence-electron chi connectivity index (χ1n) is 12.4. The van der Waals surface area contributed by atoms with Crippen molar-refractivity contribution in [2.24, 2.45) is 11.8 Å². The quantitative estimate of drug-likeness (QED) is 0.243. The van der Waals surface area contributed by atoms with E-state index in [1.54, 1.807) is 0 Å². The van der Waals surface area contributed by atoms with Crippen LogP contribution in [0.4, 0.5) is 0 Å². The maximum absolute atomic E-state index is 11.7. The highest BCUT2D eigenvalue weighted by Crippen LogP contribution is 2.37. The van der Waals surface area contributed by atoms with Crippen molar-refractivity contribution >= 4 is 22.1 Å². The fraction of sp³-hybridized carbons (Fsp3) is 0.692. The molecule has 0 saturated heterocycles. The van der Waals surface area contributed by atoms with E-state index in [1.807, 2.05) is 31.2 Å². The van der Waals surface area contributed by atoms with Crippen LogP contribution in [0.1, 0.15) is 64.0 Å². The molecule has 0 aromatic heterocycles. The van der Waals surface area contributed by atoms with Crippen molar-refractivity contribution in [3.05, 3.63) is 35.4 Å². The van der Waals surface area contributed by atoms with Gasteiger partial charge in [-0.05, 0) is 49.1 Å². The summed E-state index contributed by atoms with van der Waals surface area (Å²) in [6.45, 7) is 5.84. The summed E-state index contributed by atoms with van der Waals surface area (Å²) in [7, 11) is -3.42. The lowest BCUT2D eigenvalue weighted by Crippen LogP contribution is -2.33. The molecule has 0 heterocycles. The van der Waals surface area contributed by atoms with Gasteiger partial charge >= 0.3 is 11.9 Å². The predicted molar refractivity (Wildman–Crippen MR) is 132 cm³/mol. The summed E-state index contributed by atoms with van der Waals surface area (Å²) < 4.78 is 43.8. The Hall–Kier alpha value is -1.97. The lowest BCUT2D eigenvalue weighted by molar-refractivity contribution is -0.152. The molecule has 198 valence electrons. The molecule has 1 aliphatic rings. The monoisotopic (exact) mass is 512 g/mol. The molecule has 1 saturated carbocycles. The normalized spacial score (nSPS) is 16.7. The lowest BCUT2D eigenvalue weighted by atomic mass is 9.74. The first kappa shape index (κ1) is 29.3. The van der Waals surface area contributed by atoms with Crippen LogP contribution < -0.4 is 0 Å². The smallest absolute Gasteiger partial charge is 0.302 e. The van der Waals surface area contributed by atoms with Crippen LogP contribution in [-0.2, 0) is 50.9 Å². The van der Waals surface area contributed by atoms with Crippen molar-refractivity contribution in [2.75, 3.05) is 26.1 Å². The Kier molecular flexibility index (Phi) is 12.2. The van der Waals surface area contributed by atoms with E-state index in [2.05, 4.69) is 0 Å². The van der Waals surface area contributed by atoms with Gasteiger partial charge in [0, 0.05) is 20.3 Å². The van der Waals surface area contributed by atoms with E-state index in [-0.39, 0.29) is 36.7 Å². The van der Waals surface area contributed by atoms with Crippen molar-refractivity contribution in [1.82, 2.24) is 0 Å². The van der Waals surface area contributed by atoms with Crippen molar-refractivity contribution < 1.29 is 36.4 Å². The molecule has 0 amide bonds. The number of hydrogen-bond acceptors (Lipinski definition) is 8. The molecule has 2 rings (SSSR count). The van der Waals surface area contributed by atoms with Gasteiger partial charge in [0.25, 0.3) is 10.1 Å².